The summed E-state index contributed by atoms with van der Waals surface area (Å²) in [5, 5.41) is 15.8. The van der Waals surface area contributed by atoms with Crippen LogP contribution in [0.5, 0.6) is 0 Å². The number of hydrogen-bond donors (Lipinski definition) is 1. The fourth-order valence-corrected chi connectivity index (χ4v) is 5.65. The minimum absolute atomic E-state index is 0.0300. The van der Waals surface area contributed by atoms with Gasteiger partial charge in [-0.3, -0.25) is 9.48 Å². The molecule has 0 bridgehead atoms. The minimum atomic E-state index is -0.433. The SMILES string of the molecule is CCc1nn(C2CCCC2)c2cc(N3CCN(C(=O)CO)C(Cc4ccccc4)C3)ccc12. The number of aliphatic hydroxyl groups is 1. The van der Waals surface area contributed by atoms with Crippen molar-refractivity contribution in [1.82, 2.24) is 14.7 Å². The molecule has 1 unspecified atom stereocenters. The number of rotatable bonds is 6. The molecule has 3 aromatic rings. The second kappa shape index (κ2) is 9.56. The summed E-state index contributed by atoms with van der Waals surface area (Å²) in [5.74, 6) is -0.182. The highest BCUT2D eigenvalue weighted by atomic mass is 16.3. The maximum atomic E-state index is 12.5. The van der Waals surface area contributed by atoms with E-state index in [4.69, 9.17) is 5.10 Å². The fourth-order valence-electron chi connectivity index (χ4n) is 5.65. The lowest BCUT2D eigenvalue weighted by Gasteiger charge is -2.42. The van der Waals surface area contributed by atoms with Gasteiger partial charge in [-0.15, -0.1) is 0 Å². The van der Waals surface area contributed by atoms with Crippen LogP contribution in [0.3, 0.4) is 0 Å². The molecule has 1 N–H and O–H groups in total. The Hall–Kier alpha value is -2.86. The van der Waals surface area contributed by atoms with Crippen LogP contribution in [0.2, 0.25) is 0 Å². The van der Waals surface area contributed by atoms with Crippen molar-refractivity contribution in [2.45, 2.75) is 57.5 Å². The first-order valence-corrected chi connectivity index (χ1v) is 12.4. The lowest BCUT2D eigenvalue weighted by molar-refractivity contribution is -0.136. The van der Waals surface area contributed by atoms with Gasteiger partial charge in [0.05, 0.1) is 23.3 Å². The average Bonchev–Trinajstić information content (AvgIpc) is 3.51. The molecule has 1 aromatic heterocycles. The van der Waals surface area contributed by atoms with E-state index in [-0.39, 0.29) is 11.9 Å². The van der Waals surface area contributed by atoms with Crippen molar-refractivity contribution in [3.05, 3.63) is 59.8 Å². The number of aliphatic hydroxyl groups excluding tert-OH is 1. The maximum Gasteiger partial charge on any atom is 0.248 e. The Labute approximate surface area is 195 Å². The molecule has 174 valence electrons. The van der Waals surface area contributed by atoms with Crippen LogP contribution < -0.4 is 4.90 Å². The van der Waals surface area contributed by atoms with E-state index < -0.39 is 6.61 Å². The minimum Gasteiger partial charge on any atom is -0.387 e. The monoisotopic (exact) mass is 446 g/mol. The number of aromatic nitrogens is 2. The van der Waals surface area contributed by atoms with Gasteiger partial charge < -0.3 is 14.9 Å². The van der Waals surface area contributed by atoms with Gasteiger partial charge in [0, 0.05) is 30.7 Å². The smallest absolute Gasteiger partial charge is 0.248 e. The van der Waals surface area contributed by atoms with Crippen LogP contribution in [0.4, 0.5) is 5.69 Å². The third-order valence-corrected chi connectivity index (χ3v) is 7.39. The zero-order valence-corrected chi connectivity index (χ0v) is 19.5. The van der Waals surface area contributed by atoms with Crippen molar-refractivity contribution < 1.29 is 9.90 Å². The van der Waals surface area contributed by atoms with Crippen LogP contribution in [0, 0.1) is 0 Å². The summed E-state index contributed by atoms with van der Waals surface area (Å²) in [7, 11) is 0. The van der Waals surface area contributed by atoms with E-state index in [2.05, 4.69) is 46.8 Å². The van der Waals surface area contributed by atoms with E-state index in [0.717, 1.165) is 25.9 Å². The number of carbonyl (C=O) groups is 1. The van der Waals surface area contributed by atoms with E-state index in [9.17, 15) is 9.90 Å². The number of carbonyl (C=O) groups excluding carboxylic acids is 1. The third kappa shape index (κ3) is 4.36. The van der Waals surface area contributed by atoms with Crippen molar-refractivity contribution in [1.29, 1.82) is 0 Å². The first-order chi connectivity index (χ1) is 16.2. The summed E-state index contributed by atoms with van der Waals surface area (Å²) < 4.78 is 2.29. The number of anilines is 1. The van der Waals surface area contributed by atoms with Gasteiger partial charge in [0.25, 0.3) is 0 Å². The summed E-state index contributed by atoms with van der Waals surface area (Å²) in [6.07, 6.45) is 6.73. The number of amides is 1. The molecule has 33 heavy (non-hydrogen) atoms. The Morgan fingerprint density at radius 3 is 2.61 bits per heavy atom. The van der Waals surface area contributed by atoms with Crippen molar-refractivity contribution in [2.75, 3.05) is 31.1 Å². The van der Waals surface area contributed by atoms with E-state index in [1.54, 1.807) is 0 Å². The molecule has 1 aliphatic carbocycles. The summed E-state index contributed by atoms with van der Waals surface area (Å²) >= 11 is 0. The van der Waals surface area contributed by atoms with Gasteiger partial charge in [-0.25, -0.2) is 0 Å². The molecular weight excluding hydrogens is 412 g/mol. The molecule has 2 fully saturated rings. The molecule has 6 nitrogen and oxygen atoms in total. The number of aryl methyl sites for hydroxylation is 1. The van der Waals surface area contributed by atoms with Crippen molar-refractivity contribution in [3.63, 3.8) is 0 Å². The molecule has 2 heterocycles. The quantitative estimate of drug-likeness (QED) is 0.623. The normalized spacial score (nSPS) is 19.5. The molecule has 1 aliphatic heterocycles. The predicted molar refractivity (Wildman–Crippen MR) is 132 cm³/mol. The number of benzene rings is 2. The number of nitrogens with zero attached hydrogens (tertiary/aromatic N) is 4. The molecule has 0 spiro atoms. The van der Waals surface area contributed by atoms with Gasteiger partial charge in [-0.2, -0.15) is 5.10 Å². The van der Waals surface area contributed by atoms with Crippen LogP contribution in [0.15, 0.2) is 48.5 Å². The first-order valence-electron chi connectivity index (χ1n) is 12.4. The molecule has 6 heteroatoms. The van der Waals surface area contributed by atoms with Crippen molar-refractivity contribution in [3.8, 4) is 0 Å². The van der Waals surface area contributed by atoms with Crippen LogP contribution >= 0.6 is 0 Å². The second-order valence-corrected chi connectivity index (χ2v) is 9.42. The highest BCUT2D eigenvalue weighted by Crippen LogP contribution is 2.35. The molecule has 5 rings (SSSR count). The zero-order chi connectivity index (χ0) is 22.8. The second-order valence-electron chi connectivity index (χ2n) is 9.42. The Morgan fingerprint density at radius 1 is 1.09 bits per heavy atom. The lowest BCUT2D eigenvalue weighted by Crippen LogP contribution is -2.56. The Balaban J connectivity index is 1.44. The molecule has 0 radical (unpaired) electrons. The van der Waals surface area contributed by atoms with E-state index in [1.807, 2.05) is 23.1 Å². The molecule has 2 aromatic carbocycles. The van der Waals surface area contributed by atoms with E-state index in [1.165, 1.54) is 53.5 Å². The lowest BCUT2D eigenvalue weighted by atomic mass is 10.0. The first kappa shape index (κ1) is 22.0. The van der Waals surface area contributed by atoms with E-state index >= 15 is 0 Å². The van der Waals surface area contributed by atoms with Crippen LogP contribution in [0.1, 0.15) is 49.9 Å². The van der Waals surface area contributed by atoms with Gasteiger partial charge >= 0.3 is 0 Å². The highest BCUT2D eigenvalue weighted by molar-refractivity contribution is 5.86. The number of piperazine rings is 1. The van der Waals surface area contributed by atoms with Crippen molar-refractivity contribution in [2.24, 2.45) is 0 Å². The topological polar surface area (TPSA) is 61.6 Å². The maximum absolute atomic E-state index is 12.5. The molecule has 1 amide bonds. The van der Waals surface area contributed by atoms with Crippen LogP contribution in [-0.4, -0.2) is 58.0 Å². The summed E-state index contributed by atoms with van der Waals surface area (Å²) in [5.41, 5.74) is 4.83. The van der Waals surface area contributed by atoms with Gasteiger partial charge in [0.15, 0.2) is 0 Å². The van der Waals surface area contributed by atoms with Gasteiger partial charge in [-0.1, -0.05) is 50.1 Å². The van der Waals surface area contributed by atoms with Crippen LogP contribution in [0.25, 0.3) is 10.9 Å². The molecule has 2 aliphatic rings. The van der Waals surface area contributed by atoms with Crippen molar-refractivity contribution >= 4 is 22.5 Å². The molecular formula is C27H34N4O2. The Kier molecular flexibility index (Phi) is 6.36. The van der Waals surface area contributed by atoms with E-state index in [0.29, 0.717) is 12.6 Å². The Bertz CT molecular complexity index is 1100. The standard InChI is InChI=1S/C27H34N4O2/c1-2-25-24-13-12-22(17-26(24)31(28-25)21-10-6-7-11-21)29-14-15-30(27(33)19-32)23(18-29)16-20-8-4-3-5-9-20/h3-5,8-9,12-13,17,21,23,32H,2,6-7,10-11,14-16,18-19H2,1H3. The fraction of sp³-hybridized carbons (Fsp3) is 0.481. The summed E-state index contributed by atoms with van der Waals surface area (Å²) in [4.78, 5) is 16.7. The zero-order valence-electron chi connectivity index (χ0n) is 19.5. The largest absolute Gasteiger partial charge is 0.387 e. The van der Waals surface area contributed by atoms with Gasteiger partial charge in [0.2, 0.25) is 5.91 Å². The molecule has 1 saturated heterocycles. The average molecular weight is 447 g/mol. The predicted octanol–water partition coefficient (Wildman–Crippen LogP) is 3.97. The summed E-state index contributed by atoms with van der Waals surface area (Å²) in [6, 6.07) is 17.6. The number of hydrogen-bond acceptors (Lipinski definition) is 4. The summed E-state index contributed by atoms with van der Waals surface area (Å²) in [6.45, 7) is 3.89. The molecule has 1 atom stereocenters. The third-order valence-electron chi connectivity index (χ3n) is 7.39. The van der Waals surface area contributed by atoms with Gasteiger partial charge in [-0.05, 0) is 49.4 Å². The molecule has 1 saturated carbocycles. The van der Waals surface area contributed by atoms with Crippen LogP contribution in [-0.2, 0) is 17.6 Å². The highest BCUT2D eigenvalue weighted by Gasteiger charge is 2.31. The Morgan fingerprint density at radius 2 is 1.88 bits per heavy atom. The number of fused-ring (bicyclic) bond motifs is 1. The van der Waals surface area contributed by atoms with Gasteiger partial charge in [0.1, 0.15) is 6.61 Å².